The fourth-order valence-corrected chi connectivity index (χ4v) is 1.53. The smallest absolute Gasteiger partial charge is 0.406 e. The molecule has 2 aromatic rings. The van der Waals surface area contributed by atoms with Gasteiger partial charge in [-0.25, -0.2) is 10.8 Å². The number of nitrogens with zero attached hydrogens (tertiary/aromatic N) is 3. The molecular formula is C12H13N5O3. The van der Waals surface area contributed by atoms with E-state index in [0.29, 0.717) is 11.5 Å². The molecule has 0 amide bonds. The number of nitrogen functional groups attached to an aromatic ring is 1. The maximum Gasteiger partial charge on any atom is 0.406 e. The van der Waals surface area contributed by atoms with E-state index >= 15 is 0 Å². The number of aryl methyl sites for hydroxylation is 1. The normalized spacial score (nSPS) is 10.1. The molecule has 104 valence electrons. The Balaban J connectivity index is 2.12. The van der Waals surface area contributed by atoms with Crippen molar-refractivity contribution in [2.75, 3.05) is 5.43 Å². The highest BCUT2D eigenvalue weighted by molar-refractivity contribution is 5.40. The molecule has 0 saturated heterocycles. The Morgan fingerprint density at radius 1 is 1.40 bits per heavy atom. The number of aromatic nitrogens is 2. The molecule has 0 spiro atoms. The van der Waals surface area contributed by atoms with Gasteiger partial charge in [0.1, 0.15) is 18.1 Å². The van der Waals surface area contributed by atoms with E-state index in [1.807, 2.05) is 0 Å². The quantitative estimate of drug-likeness (QED) is 0.483. The summed E-state index contributed by atoms with van der Waals surface area (Å²) in [6, 6.07) is 6.63. The molecule has 0 radical (unpaired) electrons. The summed E-state index contributed by atoms with van der Waals surface area (Å²) >= 11 is 0. The van der Waals surface area contributed by atoms with Crippen molar-refractivity contribution >= 4 is 11.6 Å². The summed E-state index contributed by atoms with van der Waals surface area (Å²) in [5.41, 5.74) is 3.73. The lowest BCUT2D eigenvalue weighted by molar-refractivity contribution is -0.390. The molecule has 0 atom stereocenters. The van der Waals surface area contributed by atoms with E-state index in [1.54, 1.807) is 31.3 Å². The minimum absolute atomic E-state index is 0.127. The van der Waals surface area contributed by atoms with Crippen LogP contribution in [-0.4, -0.2) is 14.9 Å². The van der Waals surface area contributed by atoms with Crippen LogP contribution in [0.1, 0.15) is 11.3 Å². The van der Waals surface area contributed by atoms with Crippen molar-refractivity contribution in [1.82, 2.24) is 9.97 Å². The fourth-order valence-electron chi connectivity index (χ4n) is 1.53. The summed E-state index contributed by atoms with van der Waals surface area (Å²) in [6.07, 6.45) is 1.57. The molecule has 0 unspecified atom stereocenters. The number of nitrogens with one attached hydrogen (secondary N) is 1. The number of hydrogen-bond acceptors (Lipinski definition) is 7. The summed E-state index contributed by atoms with van der Waals surface area (Å²) in [6.45, 7) is 1.84. The molecule has 2 aromatic heterocycles. The Morgan fingerprint density at radius 3 is 2.80 bits per heavy atom. The summed E-state index contributed by atoms with van der Waals surface area (Å²) in [7, 11) is 0. The number of hydrazine groups is 1. The zero-order chi connectivity index (χ0) is 14.5. The Labute approximate surface area is 114 Å². The predicted molar refractivity (Wildman–Crippen MR) is 72.0 cm³/mol. The van der Waals surface area contributed by atoms with Crippen molar-refractivity contribution in [3.05, 3.63) is 51.8 Å². The van der Waals surface area contributed by atoms with E-state index in [9.17, 15) is 10.1 Å². The average molecular weight is 275 g/mol. The summed E-state index contributed by atoms with van der Waals surface area (Å²) in [4.78, 5) is 18.2. The van der Waals surface area contributed by atoms with Gasteiger partial charge in [0.25, 0.3) is 0 Å². The molecule has 0 fully saturated rings. The molecule has 20 heavy (non-hydrogen) atoms. The van der Waals surface area contributed by atoms with Crippen LogP contribution in [-0.2, 0) is 6.61 Å². The van der Waals surface area contributed by atoms with E-state index in [-0.39, 0.29) is 18.2 Å². The molecular weight excluding hydrogens is 262 g/mol. The van der Waals surface area contributed by atoms with Gasteiger partial charge in [-0.3, -0.25) is 0 Å². The minimum Gasteiger partial charge on any atom is -0.481 e. The van der Waals surface area contributed by atoms with E-state index in [2.05, 4.69) is 15.4 Å². The second-order valence-corrected chi connectivity index (χ2v) is 4.02. The molecule has 2 heterocycles. The van der Waals surface area contributed by atoms with E-state index in [4.69, 9.17) is 10.6 Å². The molecule has 8 heteroatoms. The third-order valence-corrected chi connectivity index (χ3v) is 2.52. The van der Waals surface area contributed by atoms with Gasteiger partial charge in [-0.15, -0.1) is 0 Å². The van der Waals surface area contributed by atoms with E-state index in [0.717, 1.165) is 5.56 Å². The number of pyridine rings is 2. The number of rotatable bonds is 5. The fraction of sp³-hybridized carbons (Fsp3) is 0.167. The average Bonchev–Trinajstić information content (AvgIpc) is 2.46. The standard InChI is InChI=1S/C12H13N5O3/c1-8-2-4-10(12(15-8)17(18)19)20-7-9-3-5-11(16-13)14-6-9/h2-6H,7,13H2,1H3,(H,14,16). The van der Waals surface area contributed by atoms with Gasteiger partial charge in [-0.2, -0.15) is 0 Å². The zero-order valence-corrected chi connectivity index (χ0v) is 10.7. The van der Waals surface area contributed by atoms with Gasteiger partial charge < -0.3 is 20.3 Å². The SMILES string of the molecule is Cc1ccc(OCc2ccc(NN)nc2)c([N+](=O)[O-])n1. The number of nitrogens with two attached hydrogens (primary N) is 1. The van der Waals surface area contributed by atoms with Crippen LogP contribution in [0.4, 0.5) is 11.6 Å². The Morgan fingerprint density at radius 2 is 2.20 bits per heavy atom. The highest BCUT2D eigenvalue weighted by Crippen LogP contribution is 2.25. The van der Waals surface area contributed by atoms with Gasteiger partial charge in [-0.05, 0) is 28.1 Å². The van der Waals surface area contributed by atoms with Gasteiger partial charge in [0.15, 0.2) is 0 Å². The lowest BCUT2D eigenvalue weighted by Crippen LogP contribution is -2.08. The molecule has 8 nitrogen and oxygen atoms in total. The maximum absolute atomic E-state index is 10.9. The molecule has 0 bridgehead atoms. The van der Waals surface area contributed by atoms with Crippen molar-refractivity contribution in [1.29, 1.82) is 0 Å². The topological polar surface area (TPSA) is 116 Å². The molecule has 2 rings (SSSR count). The third kappa shape index (κ3) is 3.18. The second kappa shape index (κ2) is 5.93. The van der Waals surface area contributed by atoms with Gasteiger partial charge in [0, 0.05) is 18.7 Å². The first kappa shape index (κ1) is 13.7. The van der Waals surface area contributed by atoms with Crippen LogP contribution in [0.5, 0.6) is 5.75 Å². The van der Waals surface area contributed by atoms with Crippen molar-refractivity contribution in [2.24, 2.45) is 5.84 Å². The lowest BCUT2D eigenvalue weighted by atomic mass is 10.3. The molecule has 3 N–H and O–H groups in total. The summed E-state index contributed by atoms with van der Waals surface area (Å²) in [5, 5.41) is 10.9. The van der Waals surface area contributed by atoms with Gasteiger partial charge in [0.2, 0.25) is 5.75 Å². The first-order chi connectivity index (χ1) is 9.60. The number of hydrogen-bond donors (Lipinski definition) is 2. The monoisotopic (exact) mass is 275 g/mol. The Bertz CT molecular complexity index is 615. The molecule has 0 aromatic carbocycles. The highest BCUT2D eigenvalue weighted by Gasteiger charge is 2.17. The minimum atomic E-state index is -0.567. The molecule has 0 aliphatic rings. The van der Waals surface area contributed by atoms with E-state index < -0.39 is 4.92 Å². The Hall–Kier alpha value is -2.74. The first-order valence-corrected chi connectivity index (χ1v) is 5.76. The number of anilines is 1. The van der Waals surface area contributed by atoms with Crippen molar-refractivity contribution < 1.29 is 9.66 Å². The van der Waals surface area contributed by atoms with Gasteiger partial charge in [0.05, 0.1) is 0 Å². The van der Waals surface area contributed by atoms with Crippen LogP contribution in [0, 0.1) is 17.0 Å². The van der Waals surface area contributed by atoms with Crippen LogP contribution < -0.4 is 16.0 Å². The van der Waals surface area contributed by atoms with Crippen molar-refractivity contribution in [3.8, 4) is 5.75 Å². The van der Waals surface area contributed by atoms with Crippen LogP contribution in [0.15, 0.2) is 30.5 Å². The van der Waals surface area contributed by atoms with Crippen LogP contribution in [0.2, 0.25) is 0 Å². The molecule has 0 aliphatic carbocycles. The number of ether oxygens (including phenoxy) is 1. The molecule has 0 aliphatic heterocycles. The van der Waals surface area contributed by atoms with Gasteiger partial charge in [-0.1, -0.05) is 6.07 Å². The maximum atomic E-state index is 10.9. The molecule has 0 saturated carbocycles. The van der Waals surface area contributed by atoms with E-state index in [1.165, 1.54) is 6.07 Å². The lowest BCUT2D eigenvalue weighted by Gasteiger charge is -2.07. The summed E-state index contributed by atoms with van der Waals surface area (Å²) in [5.74, 6) is 5.56. The van der Waals surface area contributed by atoms with Crippen molar-refractivity contribution in [2.45, 2.75) is 13.5 Å². The van der Waals surface area contributed by atoms with Gasteiger partial charge >= 0.3 is 5.82 Å². The zero-order valence-electron chi connectivity index (χ0n) is 10.7. The van der Waals surface area contributed by atoms with Crippen LogP contribution >= 0.6 is 0 Å². The van der Waals surface area contributed by atoms with Crippen LogP contribution in [0.3, 0.4) is 0 Å². The largest absolute Gasteiger partial charge is 0.481 e. The third-order valence-electron chi connectivity index (χ3n) is 2.52. The van der Waals surface area contributed by atoms with Crippen LogP contribution in [0.25, 0.3) is 0 Å². The highest BCUT2D eigenvalue weighted by atomic mass is 16.6. The number of nitro groups is 1. The summed E-state index contributed by atoms with van der Waals surface area (Å²) < 4.78 is 5.42. The second-order valence-electron chi connectivity index (χ2n) is 4.02. The van der Waals surface area contributed by atoms with Crippen molar-refractivity contribution in [3.63, 3.8) is 0 Å². The first-order valence-electron chi connectivity index (χ1n) is 5.76. The Kier molecular flexibility index (Phi) is 4.06. The predicted octanol–water partition coefficient (Wildman–Crippen LogP) is 1.56.